The number of anilines is 1. The van der Waals surface area contributed by atoms with Gasteiger partial charge in [0.1, 0.15) is 5.82 Å². The van der Waals surface area contributed by atoms with Crippen molar-refractivity contribution in [3.63, 3.8) is 0 Å². The molecule has 0 bridgehead atoms. The standard InChI is InChI=1S/C15H16FN/c1-10-8-15(17)11(2)7-13(10)9-12-5-3-4-6-14(12)16/h3-8H,9,17H2,1-2H3. The molecule has 2 aromatic rings. The first-order valence-corrected chi connectivity index (χ1v) is 5.67. The molecule has 0 fully saturated rings. The van der Waals surface area contributed by atoms with Crippen molar-refractivity contribution in [1.29, 1.82) is 0 Å². The Morgan fingerprint density at radius 1 is 1.00 bits per heavy atom. The number of hydrogen-bond donors (Lipinski definition) is 1. The molecule has 0 unspecified atom stereocenters. The highest BCUT2D eigenvalue weighted by molar-refractivity contribution is 5.52. The van der Waals surface area contributed by atoms with E-state index < -0.39 is 0 Å². The van der Waals surface area contributed by atoms with Gasteiger partial charge in [-0.1, -0.05) is 24.3 Å². The molecule has 1 nitrogen and oxygen atoms in total. The molecule has 0 aliphatic rings. The second-order valence-corrected chi connectivity index (χ2v) is 4.40. The Balaban J connectivity index is 2.37. The average Bonchev–Trinajstić information content (AvgIpc) is 2.29. The van der Waals surface area contributed by atoms with Crippen molar-refractivity contribution in [2.45, 2.75) is 20.3 Å². The summed E-state index contributed by atoms with van der Waals surface area (Å²) in [6, 6.07) is 10.9. The zero-order chi connectivity index (χ0) is 12.4. The molecular formula is C15H16FN. The highest BCUT2D eigenvalue weighted by Gasteiger charge is 2.06. The third-order valence-corrected chi connectivity index (χ3v) is 3.06. The van der Waals surface area contributed by atoms with Gasteiger partial charge in [-0.25, -0.2) is 4.39 Å². The van der Waals surface area contributed by atoms with E-state index in [4.69, 9.17) is 5.73 Å². The first-order chi connectivity index (χ1) is 8.08. The number of nitrogens with two attached hydrogens (primary N) is 1. The fourth-order valence-electron chi connectivity index (χ4n) is 1.94. The molecule has 0 radical (unpaired) electrons. The molecule has 0 amide bonds. The number of halogens is 1. The smallest absolute Gasteiger partial charge is 0.126 e. The van der Waals surface area contributed by atoms with Gasteiger partial charge in [-0.2, -0.15) is 0 Å². The lowest BCUT2D eigenvalue weighted by atomic mass is 9.97. The van der Waals surface area contributed by atoms with Crippen molar-refractivity contribution < 1.29 is 4.39 Å². The zero-order valence-electron chi connectivity index (χ0n) is 10.1. The van der Waals surface area contributed by atoms with E-state index in [2.05, 4.69) is 0 Å². The van der Waals surface area contributed by atoms with Crippen LogP contribution in [0.1, 0.15) is 22.3 Å². The summed E-state index contributed by atoms with van der Waals surface area (Å²) in [6.07, 6.45) is 0.611. The van der Waals surface area contributed by atoms with Gasteiger partial charge < -0.3 is 5.73 Å². The van der Waals surface area contributed by atoms with Crippen LogP contribution >= 0.6 is 0 Å². The Labute approximate surface area is 101 Å². The van der Waals surface area contributed by atoms with Gasteiger partial charge in [0.05, 0.1) is 0 Å². The molecular weight excluding hydrogens is 213 g/mol. The fraction of sp³-hybridized carbons (Fsp3) is 0.200. The predicted molar refractivity (Wildman–Crippen MR) is 69.5 cm³/mol. The number of aryl methyl sites for hydroxylation is 2. The van der Waals surface area contributed by atoms with Crippen LogP contribution in [-0.4, -0.2) is 0 Å². The van der Waals surface area contributed by atoms with Crippen molar-refractivity contribution >= 4 is 5.69 Å². The van der Waals surface area contributed by atoms with E-state index in [9.17, 15) is 4.39 Å². The molecule has 0 aliphatic carbocycles. The van der Waals surface area contributed by atoms with Crippen molar-refractivity contribution in [1.82, 2.24) is 0 Å². The van der Waals surface area contributed by atoms with E-state index in [1.807, 2.05) is 38.1 Å². The van der Waals surface area contributed by atoms with E-state index in [1.54, 1.807) is 6.07 Å². The number of benzene rings is 2. The normalized spacial score (nSPS) is 10.5. The van der Waals surface area contributed by atoms with Gasteiger partial charge in [-0.05, 0) is 48.2 Å². The number of nitrogen functional groups attached to an aromatic ring is 1. The summed E-state index contributed by atoms with van der Waals surface area (Å²) < 4.78 is 13.6. The Morgan fingerprint density at radius 3 is 2.41 bits per heavy atom. The minimum absolute atomic E-state index is 0.152. The molecule has 17 heavy (non-hydrogen) atoms. The largest absolute Gasteiger partial charge is 0.399 e. The molecule has 2 rings (SSSR count). The molecule has 0 spiro atoms. The van der Waals surface area contributed by atoms with E-state index in [-0.39, 0.29) is 5.82 Å². The van der Waals surface area contributed by atoms with Crippen LogP contribution in [0, 0.1) is 19.7 Å². The summed E-state index contributed by atoms with van der Waals surface area (Å²) in [5.41, 5.74) is 10.6. The summed E-state index contributed by atoms with van der Waals surface area (Å²) >= 11 is 0. The second-order valence-electron chi connectivity index (χ2n) is 4.40. The quantitative estimate of drug-likeness (QED) is 0.782. The third kappa shape index (κ3) is 2.47. The average molecular weight is 229 g/mol. The van der Waals surface area contributed by atoms with Crippen molar-refractivity contribution in [2.24, 2.45) is 0 Å². The van der Waals surface area contributed by atoms with Gasteiger partial charge in [0, 0.05) is 12.1 Å². The first kappa shape index (κ1) is 11.6. The summed E-state index contributed by atoms with van der Waals surface area (Å²) in [7, 11) is 0. The molecule has 0 saturated carbocycles. The van der Waals surface area contributed by atoms with E-state index >= 15 is 0 Å². The lowest BCUT2D eigenvalue weighted by molar-refractivity contribution is 0.614. The highest BCUT2D eigenvalue weighted by atomic mass is 19.1. The van der Waals surface area contributed by atoms with Gasteiger partial charge in [-0.15, -0.1) is 0 Å². The van der Waals surface area contributed by atoms with E-state index in [0.717, 1.165) is 27.9 Å². The molecule has 0 aliphatic heterocycles. The summed E-state index contributed by atoms with van der Waals surface area (Å²) in [6.45, 7) is 3.98. The Morgan fingerprint density at radius 2 is 1.71 bits per heavy atom. The maximum absolute atomic E-state index is 13.6. The van der Waals surface area contributed by atoms with Gasteiger partial charge in [-0.3, -0.25) is 0 Å². The lowest BCUT2D eigenvalue weighted by Gasteiger charge is -2.10. The number of rotatable bonds is 2. The zero-order valence-corrected chi connectivity index (χ0v) is 10.1. The Kier molecular flexibility index (Phi) is 3.14. The fourth-order valence-corrected chi connectivity index (χ4v) is 1.94. The van der Waals surface area contributed by atoms with Crippen molar-refractivity contribution in [3.05, 3.63) is 64.5 Å². The molecule has 88 valence electrons. The second kappa shape index (κ2) is 4.58. The Hall–Kier alpha value is -1.83. The Bertz CT molecular complexity index is 547. The maximum atomic E-state index is 13.6. The third-order valence-electron chi connectivity index (χ3n) is 3.06. The molecule has 2 N–H and O–H groups in total. The number of hydrogen-bond acceptors (Lipinski definition) is 1. The monoisotopic (exact) mass is 229 g/mol. The highest BCUT2D eigenvalue weighted by Crippen LogP contribution is 2.21. The minimum atomic E-state index is -0.152. The molecule has 2 aromatic carbocycles. The van der Waals surface area contributed by atoms with Crippen LogP contribution in [0.3, 0.4) is 0 Å². The topological polar surface area (TPSA) is 26.0 Å². The van der Waals surface area contributed by atoms with Crippen LogP contribution in [-0.2, 0) is 6.42 Å². The van der Waals surface area contributed by atoms with Crippen LogP contribution in [0.25, 0.3) is 0 Å². The predicted octanol–water partition coefficient (Wildman–Crippen LogP) is 3.62. The van der Waals surface area contributed by atoms with Crippen LogP contribution in [0.4, 0.5) is 10.1 Å². The van der Waals surface area contributed by atoms with Gasteiger partial charge in [0.25, 0.3) is 0 Å². The van der Waals surface area contributed by atoms with E-state index in [0.29, 0.717) is 6.42 Å². The summed E-state index contributed by atoms with van der Waals surface area (Å²) in [5, 5.41) is 0. The van der Waals surface area contributed by atoms with E-state index in [1.165, 1.54) is 6.07 Å². The van der Waals surface area contributed by atoms with Crippen LogP contribution < -0.4 is 5.73 Å². The lowest BCUT2D eigenvalue weighted by Crippen LogP contribution is -1.98. The van der Waals surface area contributed by atoms with Crippen LogP contribution in [0.2, 0.25) is 0 Å². The van der Waals surface area contributed by atoms with Crippen molar-refractivity contribution in [3.8, 4) is 0 Å². The molecule has 0 aromatic heterocycles. The molecule has 0 heterocycles. The maximum Gasteiger partial charge on any atom is 0.126 e. The molecule has 2 heteroatoms. The molecule has 0 saturated heterocycles. The summed E-state index contributed by atoms with van der Waals surface area (Å²) in [4.78, 5) is 0. The van der Waals surface area contributed by atoms with Gasteiger partial charge in [0.2, 0.25) is 0 Å². The van der Waals surface area contributed by atoms with Crippen LogP contribution in [0.5, 0.6) is 0 Å². The summed E-state index contributed by atoms with van der Waals surface area (Å²) in [5.74, 6) is -0.152. The van der Waals surface area contributed by atoms with Gasteiger partial charge in [0.15, 0.2) is 0 Å². The van der Waals surface area contributed by atoms with Gasteiger partial charge >= 0.3 is 0 Å². The van der Waals surface area contributed by atoms with Crippen molar-refractivity contribution in [2.75, 3.05) is 5.73 Å². The minimum Gasteiger partial charge on any atom is -0.399 e. The molecule has 0 atom stereocenters. The van der Waals surface area contributed by atoms with Crippen LogP contribution in [0.15, 0.2) is 36.4 Å². The first-order valence-electron chi connectivity index (χ1n) is 5.67. The SMILES string of the molecule is Cc1cc(Cc2ccccc2F)c(C)cc1N.